The summed E-state index contributed by atoms with van der Waals surface area (Å²) in [5, 5.41) is 0. The predicted octanol–water partition coefficient (Wildman–Crippen LogP) is 7.46. The third kappa shape index (κ3) is 8.85. The van der Waals surface area contributed by atoms with E-state index in [1.807, 2.05) is 18.2 Å². The number of rotatable bonds is 15. The maximum atomic E-state index is 13.1. The number of Topliss-reactive ketones (excluding diaryl/α,β-unsaturated/α-hetero) is 1. The zero-order chi connectivity index (χ0) is 25.6. The maximum absolute atomic E-state index is 13.1. The number of hydrogen-bond donors (Lipinski definition) is 0. The van der Waals surface area contributed by atoms with Crippen molar-refractivity contribution in [2.75, 3.05) is 19.6 Å². The molecule has 1 aliphatic heterocycles. The van der Waals surface area contributed by atoms with E-state index < -0.39 is 5.60 Å². The zero-order valence-electron chi connectivity index (χ0n) is 21.9. The summed E-state index contributed by atoms with van der Waals surface area (Å²) in [4.78, 5) is 27.5. The maximum Gasteiger partial charge on any atom is 0.306 e. The van der Waals surface area contributed by atoms with Gasteiger partial charge in [-0.05, 0) is 49.2 Å². The molecule has 0 atom stereocenters. The molecule has 0 N–H and O–H groups in total. The molecule has 0 aromatic heterocycles. The van der Waals surface area contributed by atoms with Gasteiger partial charge in [-0.3, -0.25) is 9.59 Å². The number of carbonyl (C=O) groups is 2. The highest BCUT2D eigenvalue weighted by Crippen LogP contribution is 2.37. The number of likely N-dealkylation sites (tertiary alicyclic amines) is 1. The van der Waals surface area contributed by atoms with Crippen LogP contribution in [0.2, 0.25) is 0 Å². The minimum absolute atomic E-state index is 0.0462. The number of nitrogens with zero attached hydrogens (tertiary/aromatic N) is 1. The number of esters is 1. The van der Waals surface area contributed by atoms with Gasteiger partial charge in [0.05, 0.1) is 0 Å². The van der Waals surface area contributed by atoms with Crippen molar-refractivity contribution in [3.05, 3.63) is 71.5 Å². The van der Waals surface area contributed by atoms with Crippen LogP contribution in [0.3, 0.4) is 0 Å². The van der Waals surface area contributed by atoms with Crippen LogP contribution in [0.1, 0.15) is 99.9 Å². The first-order valence-electron chi connectivity index (χ1n) is 13.8. The Morgan fingerprint density at radius 1 is 0.833 bits per heavy atom. The van der Waals surface area contributed by atoms with Crippen LogP contribution in [-0.2, 0) is 15.1 Å². The summed E-state index contributed by atoms with van der Waals surface area (Å²) >= 11 is 0. The van der Waals surface area contributed by atoms with Crippen LogP contribution in [0, 0.1) is 5.82 Å². The molecular weight excluding hydrogens is 453 g/mol. The molecule has 0 aliphatic carbocycles. The number of ketones is 1. The highest BCUT2D eigenvalue weighted by atomic mass is 19.1. The lowest BCUT2D eigenvalue weighted by Crippen LogP contribution is -2.45. The van der Waals surface area contributed by atoms with E-state index in [1.54, 1.807) is 12.1 Å². The molecule has 2 aromatic rings. The molecule has 2 aromatic carbocycles. The van der Waals surface area contributed by atoms with Gasteiger partial charge in [0.25, 0.3) is 0 Å². The summed E-state index contributed by atoms with van der Waals surface area (Å²) in [7, 11) is 0. The molecule has 1 fully saturated rings. The minimum atomic E-state index is -0.570. The molecule has 196 valence electrons. The lowest BCUT2D eigenvalue weighted by Gasteiger charge is -2.41. The Bertz CT molecular complexity index is 921. The van der Waals surface area contributed by atoms with Crippen molar-refractivity contribution in [2.45, 2.75) is 89.6 Å². The van der Waals surface area contributed by atoms with E-state index in [4.69, 9.17) is 4.74 Å². The molecule has 1 aliphatic rings. The quantitative estimate of drug-likeness (QED) is 0.146. The third-order valence-electron chi connectivity index (χ3n) is 7.30. The van der Waals surface area contributed by atoms with Crippen LogP contribution >= 0.6 is 0 Å². The number of piperidine rings is 1. The van der Waals surface area contributed by atoms with E-state index in [0.717, 1.165) is 57.3 Å². The molecule has 0 spiro atoms. The lowest BCUT2D eigenvalue weighted by atomic mass is 9.84. The third-order valence-corrected chi connectivity index (χ3v) is 7.30. The van der Waals surface area contributed by atoms with Gasteiger partial charge >= 0.3 is 5.97 Å². The number of unbranched alkanes of at least 4 members (excludes halogenated alkanes) is 6. The van der Waals surface area contributed by atoms with E-state index in [1.165, 1.54) is 44.2 Å². The molecule has 0 radical (unpaired) electrons. The Balaban J connectivity index is 1.46. The molecule has 0 bridgehead atoms. The summed E-state index contributed by atoms with van der Waals surface area (Å²) in [6.45, 7) is 4.69. The normalized spacial score (nSPS) is 15.5. The molecular formula is C31H42FNO3. The summed E-state index contributed by atoms with van der Waals surface area (Å²) in [6, 6.07) is 15.9. The summed E-state index contributed by atoms with van der Waals surface area (Å²) in [5.41, 5.74) is 1.06. The Kier molecular flexibility index (Phi) is 11.6. The standard InChI is InChI=1S/C31H42FNO3/c1-2-3-4-5-6-7-11-16-30(35)36-31(27-13-9-8-10-14-27)21-24-33(25-22-31)23-12-15-29(34)26-17-19-28(32)20-18-26/h8-10,13-14,17-20H,2-7,11-12,15-16,21-25H2,1H3. The summed E-state index contributed by atoms with van der Waals surface area (Å²) < 4.78 is 19.3. The van der Waals surface area contributed by atoms with Gasteiger partial charge in [-0.25, -0.2) is 4.39 Å². The minimum Gasteiger partial charge on any atom is -0.454 e. The van der Waals surface area contributed by atoms with Crippen LogP contribution in [0.5, 0.6) is 0 Å². The van der Waals surface area contributed by atoms with Crippen molar-refractivity contribution in [1.82, 2.24) is 4.90 Å². The fourth-order valence-corrected chi connectivity index (χ4v) is 5.07. The van der Waals surface area contributed by atoms with Gasteiger partial charge in [-0.1, -0.05) is 75.8 Å². The zero-order valence-corrected chi connectivity index (χ0v) is 21.9. The van der Waals surface area contributed by atoms with Crippen LogP contribution < -0.4 is 0 Å². The van der Waals surface area contributed by atoms with Gasteiger partial charge in [0, 0.05) is 44.3 Å². The fourth-order valence-electron chi connectivity index (χ4n) is 5.07. The molecule has 0 unspecified atom stereocenters. The first kappa shape index (κ1) is 28.0. The smallest absolute Gasteiger partial charge is 0.306 e. The van der Waals surface area contributed by atoms with Gasteiger partial charge in [0.15, 0.2) is 5.78 Å². The van der Waals surface area contributed by atoms with Crippen molar-refractivity contribution in [3.63, 3.8) is 0 Å². The number of halogens is 1. The second-order valence-electron chi connectivity index (χ2n) is 10.1. The Morgan fingerprint density at radius 2 is 1.47 bits per heavy atom. The Hall–Kier alpha value is -2.53. The van der Waals surface area contributed by atoms with Gasteiger partial charge < -0.3 is 9.64 Å². The molecule has 4 nitrogen and oxygen atoms in total. The topological polar surface area (TPSA) is 46.6 Å². The second kappa shape index (κ2) is 14.9. The molecule has 1 saturated heterocycles. The molecule has 0 saturated carbocycles. The van der Waals surface area contributed by atoms with Gasteiger partial charge in [-0.15, -0.1) is 0 Å². The van der Waals surface area contributed by atoms with Crippen molar-refractivity contribution in [1.29, 1.82) is 0 Å². The van der Waals surface area contributed by atoms with Crippen molar-refractivity contribution < 1.29 is 18.7 Å². The van der Waals surface area contributed by atoms with Crippen molar-refractivity contribution >= 4 is 11.8 Å². The Morgan fingerprint density at radius 3 is 2.14 bits per heavy atom. The molecule has 36 heavy (non-hydrogen) atoms. The number of hydrogen-bond acceptors (Lipinski definition) is 4. The number of benzene rings is 2. The van der Waals surface area contributed by atoms with Crippen LogP contribution in [-0.4, -0.2) is 36.3 Å². The molecule has 1 heterocycles. The van der Waals surface area contributed by atoms with Crippen molar-refractivity contribution in [3.8, 4) is 0 Å². The average molecular weight is 496 g/mol. The average Bonchev–Trinajstić information content (AvgIpc) is 2.90. The first-order valence-corrected chi connectivity index (χ1v) is 13.8. The van der Waals surface area contributed by atoms with Crippen molar-refractivity contribution in [2.24, 2.45) is 0 Å². The number of ether oxygens (including phenoxy) is 1. The van der Waals surface area contributed by atoms with E-state index in [-0.39, 0.29) is 17.6 Å². The lowest BCUT2D eigenvalue weighted by molar-refractivity contribution is -0.167. The largest absolute Gasteiger partial charge is 0.454 e. The van der Waals surface area contributed by atoms with Crippen LogP contribution in [0.15, 0.2) is 54.6 Å². The SMILES string of the molecule is CCCCCCCCCC(=O)OC1(c2ccccc2)CCN(CCCC(=O)c2ccc(F)cc2)CC1. The van der Waals surface area contributed by atoms with E-state index in [9.17, 15) is 14.0 Å². The highest BCUT2D eigenvalue weighted by molar-refractivity contribution is 5.95. The molecule has 0 amide bonds. The van der Waals surface area contributed by atoms with Crippen LogP contribution in [0.25, 0.3) is 0 Å². The van der Waals surface area contributed by atoms with E-state index in [0.29, 0.717) is 18.4 Å². The highest BCUT2D eigenvalue weighted by Gasteiger charge is 2.39. The van der Waals surface area contributed by atoms with E-state index in [2.05, 4.69) is 24.0 Å². The van der Waals surface area contributed by atoms with E-state index >= 15 is 0 Å². The monoisotopic (exact) mass is 495 g/mol. The second-order valence-corrected chi connectivity index (χ2v) is 10.1. The molecule has 5 heteroatoms. The summed E-state index contributed by atoms with van der Waals surface area (Å²) in [5.74, 6) is -0.374. The molecule has 3 rings (SSSR count). The Labute approximate surface area is 216 Å². The van der Waals surface area contributed by atoms with Gasteiger partial charge in [-0.2, -0.15) is 0 Å². The van der Waals surface area contributed by atoms with Crippen LogP contribution in [0.4, 0.5) is 4.39 Å². The van der Waals surface area contributed by atoms with Gasteiger partial charge in [0.2, 0.25) is 0 Å². The fraction of sp³-hybridized carbons (Fsp3) is 0.548. The predicted molar refractivity (Wildman–Crippen MR) is 142 cm³/mol. The summed E-state index contributed by atoms with van der Waals surface area (Å²) in [6.07, 6.45) is 11.4. The number of carbonyl (C=O) groups excluding carboxylic acids is 2. The van der Waals surface area contributed by atoms with Gasteiger partial charge in [0.1, 0.15) is 11.4 Å². The first-order chi connectivity index (χ1) is 17.5.